The Balaban J connectivity index is 0.00000484. The van der Waals surface area contributed by atoms with Crippen LogP contribution in [0, 0.1) is 11.7 Å². The topological polar surface area (TPSA) is 113 Å². The highest BCUT2D eigenvalue weighted by Crippen LogP contribution is 2.30. The van der Waals surface area contributed by atoms with Gasteiger partial charge >= 0.3 is 5.97 Å². The molecule has 1 aromatic heterocycles. The average molecular weight is 606 g/mol. The minimum Gasteiger partial charge on any atom is -0.466 e. The number of carbonyl (C=O) groups excluding carboxylic acids is 4. The first-order valence-electron chi connectivity index (χ1n) is 14.3. The molecule has 2 atom stereocenters. The summed E-state index contributed by atoms with van der Waals surface area (Å²) in [4.78, 5) is 55.5. The summed E-state index contributed by atoms with van der Waals surface area (Å²) in [6.45, 7) is 3.03. The number of methoxy groups -OCH3 is 1. The Labute approximate surface area is 252 Å². The van der Waals surface area contributed by atoms with E-state index in [-0.39, 0.29) is 36.0 Å². The lowest BCUT2D eigenvalue weighted by Gasteiger charge is -2.39. The number of benzene rings is 1. The Morgan fingerprint density at radius 3 is 2.31 bits per heavy atom. The molecule has 0 radical (unpaired) electrons. The zero-order valence-electron chi connectivity index (χ0n) is 24.7. The van der Waals surface area contributed by atoms with E-state index in [0.717, 1.165) is 32.1 Å². The molecule has 1 aliphatic heterocycles. The van der Waals surface area contributed by atoms with Crippen molar-refractivity contribution in [3.63, 3.8) is 0 Å². The van der Waals surface area contributed by atoms with Crippen LogP contribution in [0.2, 0.25) is 0 Å². The molecule has 230 valence electrons. The lowest BCUT2D eigenvalue weighted by Crippen LogP contribution is -2.59. The highest BCUT2D eigenvalue weighted by molar-refractivity contribution is 6.06. The molecule has 4 rings (SSSR count). The smallest absolute Gasteiger partial charge is 0.330 e. The zero-order chi connectivity index (χ0) is 29.7. The van der Waals surface area contributed by atoms with Crippen molar-refractivity contribution in [2.24, 2.45) is 13.0 Å². The largest absolute Gasteiger partial charge is 0.466 e. The van der Waals surface area contributed by atoms with Gasteiger partial charge in [0.15, 0.2) is 0 Å². The number of amides is 3. The fraction of sp³-hybridized carbons (Fsp3) is 0.533. The third-order valence-corrected chi connectivity index (χ3v) is 8.38. The minimum atomic E-state index is -0.594. The summed E-state index contributed by atoms with van der Waals surface area (Å²) in [6, 6.07) is 3.26. The van der Waals surface area contributed by atoms with Gasteiger partial charge in [0.25, 0.3) is 5.91 Å². The molecule has 0 bridgehead atoms. The van der Waals surface area contributed by atoms with Crippen molar-refractivity contribution in [1.29, 1.82) is 0 Å². The maximum absolute atomic E-state index is 14.2. The average Bonchev–Trinajstić information content (AvgIpc) is 3.27. The molecule has 2 fully saturated rings. The number of rotatable bonds is 8. The van der Waals surface area contributed by atoms with E-state index in [9.17, 15) is 23.6 Å². The Kier molecular flexibility index (Phi) is 11.5. The van der Waals surface area contributed by atoms with Gasteiger partial charge in [-0.15, -0.1) is 12.4 Å². The van der Waals surface area contributed by atoms with Crippen LogP contribution in [0.1, 0.15) is 55.1 Å². The van der Waals surface area contributed by atoms with Crippen LogP contribution in [-0.4, -0.2) is 90.5 Å². The SMILES string of the molecule is CNC(C)C(=O)NC(C(=O)N1CCN(C(=O)c2c(/C=C/C(=O)OC)c3cc(F)ccc3n2C)CC1)C1CCCCC1.Cl. The molecule has 10 nitrogen and oxygen atoms in total. The molecule has 2 aromatic rings. The fourth-order valence-electron chi connectivity index (χ4n) is 5.83. The first-order valence-corrected chi connectivity index (χ1v) is 14.3. The Hall–Kier alpha value is -3.44. The second-order valence-corrected chi connectivity index (χ2v) is 10.9. The van der Waals surface area contributed by atoms with E-state index in [0.29, 0.717) is 48.3 Å². The Morgan fingerprint density at radius 1 is 1.05 bits per heavy atom. The number of ether oxygens (including phenoxy) is 1. The Bertz CT molecular complexity index is 1330. The monoisotopic (exact) mass is 605 g/mol. The van der Waals surface area contributed by atoms with Crippen molar-refractivity contribution in [2.45, 2.75) is 51.1 Å². The van der Waals surface area contributed by atoms with E-state index in [1.165, 1.54) is 31.4 Å². The van der Waals surface area contributed by atoms with Crippen LogP contribution in [0.5, 0.6) is 0 Å². The van der Waals surface area contributed by atoms with Crippen molar-refractivity contribution < 1.29 is 28.3 Å². The second kappa shape index (κ2) is 14.6. The van der Waals surface area contributed by atoms with Gasteiger partial charge in [-0.25, -0.2) is 9.18 Å². The Morgan fingerprint density at radius 2 is 1.69 bits per heavy atom. The summed E-state index contributed by atoms with van der Waals surface area (Å²) < 4.78 is 20.6. The molecule has 2 aliphatic rings. The number of fused-ring (bicyclic) bond motifs is 1. The van der Waals surface area contributed by atoms with Gasteiger partial charge in [0, 0.05) is 55.8 Å². The van der Waals surface area contributed by atoms with Gasteiger partial charge in [0.1, 0.15) is 17.6 Å². The third-order valence-electron chi connectivity index (χ3n) is 8.38. The number of nitrogens with one attached hydrogen (secondary N) is 2. The number of hydrogen-bond acceptors (Lipinski definition) is 6. The lowest BCUT2D eigenvalue weighted by atomic mass is 9.83. The van der Waals surface area contributed by atoms with Gasteiger partial charge in [-0.2, -0.15) is 0 Å². The number of carbonyl (C=O) groups is 4. The summed E-state index contributed by atoms with van der Waals surface area (Å²) >= 11 is 0. The number of nitrogens with zero attached hydrogens (tertiary/aromatic N) is 3. The molecule has 1 aromatic carbocycles. The van der Waals surface area contributed by atoms with E-state index < -0.39 is 23.9 Å². The van der Waals surface area contributed by atoms with Crippen molar-refractivity contribution in [3.8, 4) is 0 Å². The second-order valence-electron chi connectivity index (χ2n) is 10.9. The quantitative estimate of drug-likeness (QED) is 0.353. The van der Waals surface area contributed by atoms with Gasteiger partial charge in [0.05, 0.1) is 13.2 Å². The zero-order valence-corrected chi connectivity index (χ0v) is 25.5. The minimum absolute atomic E-state index is 0. The van der Waals surface area contributed by atoms with Crippen LogP contribution in [0.4, 0.5) is 4.39 Å². The van der Waals surface area contributed by atoms with Gasteiger partial charge in [-0.05, 0) is 57.0 Å². The molecule has 1 saturated heterocycles. The van der Waals surface area contributed by atoms with Gasteiger partial charge in [-0.3, -0.25) is 14.4 Å². The fourth-order valence-corrected chi connectivity index (χ4v) is 5.83. The number of hydrogen-bond donors (Lipinski definition) is 2. The van der Waals surface area contributed by atoms with E-state index >= 15 is 0 Å². The van der Waals surface area contributed by atoms with E-state index in [2.05, 4.69) is 10.6 Å². The molecule has 2 heterocycles. The number of likely N-dealkylation sites (N-methyl/N-ethyl adjacent to an activating group) is 1. The molecule has 2 unspecified atom stereocenters. The molecule has 0 spiro atoms. The van der Waals surface area contributed by atoms with Gasteiger partial charge < -0.3 is 29.7 Å². The molecule has 12 heteroatoms. The predicted octanol–water partition coefficient (Wildman–Crippen LogP) is 2.88. The van der Waals surface area contributed by atoms with E-state index in [1.807, 2.05) is 0 Å². The highest BCUT2D eigenvalue weighted by Gasteiger charge is 2.36. The van der Waals surface area contributed by atoms with Gasteiger partial charge in [0.2, 0.25) is 11.8 Å². The van der Waals surface area contributed by atoms with Crippen LogP contribution < -0.4 is 10.6 Å². The van der Waals surface area contributed by atoms with E-state index in [4.69, 9.17) is 4.74 Å². The molecular formula is C30H41ClFN5O5. The van der Waals surface area contributed by atoms with Gasteiger partial charge in [-0.1, -0.05) is 19.3 Å². The summed E-state index contributed by atoms with van der Waals surface area (Å²) in [5.74, 6) is -1.55. The van der Waals surface area contributed by atoms with Crippen molar-refractivity contribution in [1.82, 2.24) is 25.0 Å². The third kappa shape index (κ3) is 7.12. The molecule has 3 amide bonds. The summed E-state index contributed by atoms with van der Waals surface area (Å²) in [6.07, 6.45) is 7.69. The molecule has 1 aliphatic carbocycles. The van der Waals surface area contributed by atoms with Crippen molar-refractivity contribution in [3.05, 3.63) is 41.3 Å². The maximum Gasteiger partial charge on any atom is 0.330 e. The van der Waals surface area contributed by atoms with Crippen LogP contribution in [0.25, 0.3) is 17.0 Å². The maximum atomic E-state index is 14.2. The van der Waals surface area contributed by atoms with Crippen molar-refractivity contribution in [2.75, 3.05) is 40.3 Å². The summed E-state index contributed by atoms with van der Waals surface area (Å²) in [7, 11) is 4.70. The molecule has 1 saturated carbocycles. The normalized spacial score (nSPS) is 17.5. The number of aromatic nitrogens is 1. The summed E-state index contributed by atoms with van der Waals surface area (Å²) in [5, 5.41) is 6.44. The van der Waals surface area contributed by atoms with Crippen LogP contribution in [0.15, 0.2) is 24.3 Å². The number of esters is 1. The number of aryl methyl sites for hydroxylation is 1. The molecular weight excluding hydrogens is 565 g/mol. The highest BCUT2D eigenvalue weighted by atomic mass is 35.5. The van der Waals surface area contributed by atoms with Crippen LogP contribution >= 0.6 is 12.4 Å². The summed E-state index contributed by atoms with van der Waals surface area (Å²) in [5.41, 5.74) is 1.39. The lowest BCUT2D eigenvalue weighted by molar-refractivity contribution is -0.140. The first-order chi connectivity index (χ1) is 19.7. The first kappa shape index (κ1) is 33.1. The molecule has 2 N–H and O–H groups in total. The van der Waals surface area contributed by atoms with E-state index in [1.54, 1.807) is 41.5 Å². The standard InChI is InChI=1S/C30H40FN5O5.ClH/c1-19(32-2)28(38)33-26(20-8-6-5-7-9-20)29(39)35-14-16-36(17-15-35)30(40)27-22(11-13-25(37)41-4)23-18-21(31)10-12-24(23)34(27)3;/h10-13,18-20,26,32H,5-9,14-17H2,1-4H3,(H,33,38);1H/b13-11+;. The number of halogens is 2. The van der Waals surface area contributed by atoms with Crippen LogP contribution in [0.3, 0.4) is 0 Å². The number of piperazine rings is 1. The predicted molar refractivity (Wildman–Crippen MR) is 161 cm³/mol. The van der Waals surface area contributed by atoms with Crippen molar-refractivity contribution >= 4 is 53.1 Å². The molecule has 42 heavy (non-hydrogen) atoms. The van der Waals surface area contributed by atoms with Crippen LogP contribution in [-0.2, 0) is 26.2 Å².